The number of anilines is 1. The summed E-state index contributed by atoms with van der Waals surface area (Å²) in [6.07, 6.45) is 2.51. The van der Waals surface area contributed by atoms with Gasteiger partial charge in [0, 0.05) is 15.8 Å². The number of benzene rings is 3. The van der Waals surface area contributed by atoms with E-state index in [1.54, 1.807) is 6.07 Å². The van der Waals surface area contributed by atoms with Crippen molar-refractivity contribution in [3.8, 4) is 17.0 Å². The van der Waals surface area contributed by atoms with Crippen LogP contribution >= 0.6 is 11.3 Å². The number of nitrogens with zero attached hydrogens (tertiary/aromatic N) is 1. The number of pyridine rings is 1. The molecule has 0 radical (unpaired) electrons. The molecule has 1 N–H and O–H groups in total. The molecule has 6 nitrogen and oxygen atoms in total. The van der Waals surface area contributed by atoms with E-state index in [-0.39, 0.29) is 5.91 Å². The summed E-state index contributed by atoms with van der Waals surface area (Å²) in [5.74, 6) is 0.389. The van der Waals surface area contributed by atoms with Crippen LogP contribution in [0.25, 0.3) is 22.2 Å². The molecule has 1 aliphatic carbocycles. The predicted molar refractivity (Wildman–Crippen MR) is 163 cm³/mol. The van der Waals surface area contributed by atoms with Gasteiger partial charge in [0.2, 0.25) is 0 Å². The van der Waals surface area contributed by atoms with Crippen molar-refractivity contribution in [1.29, 1.82) is 0 Å². The number of para-hydroxylation sites is 1. The summed E-state index contributed by atoms with van der Waals surface area (Å²) >= 11 is 1.48. The van der Waals surface area contributed by atoms with Crippen LogP contribution in [0.1, 0.15) is 56.0 Å². The van der Waals surface area contributed by atoms with E-state index in [4.69, 9.17) is 14.5 Å². The molecular formula is C34H30N2O4S. The van der Waals surface area contributed by atoms with Crippen molar-refractivity contribution in [2.24, 2.45) is 0 Å². The number of methoxy groups -OCH3 is 1. The first-order chi connectivity index (χ1) is 20.1. The fraction of sp³-hybridized carbons (Fsp3) is 0.206. The average molecular weight is 563 g/mol. The summed E-state index contributed by atoms with van der Waals surface area (Å²) in [7, 11) is 1.38. The van der Waals surface area contributed by atoms with E-state index >= 15 is 0 Å². The molecule has 1 atom stereocenters. The van der Waals surface area contributed by atoms with Crippen LogP contribution in [0, 0.1) is 0 Å². The van der Waals surface area contributed by atoms with Gasteiger partial charge in [-0.25, -0.2) is 9.78 Å². The van der Waals surface area contributed by atoms with E-state index < -0.39 is 5.97 Å². The summed E-state index contributed by atoms with van der Waals surface area (Å²) in [6, 6.07) is 27.5. The maximum atomic E-state index is 13.9. The number of carbonyl (C=O) groups excluding carboxylic acids is 2. The molecular weight excluding hydrogens is 532 g/mol. The van der Waals surface area contributed by atoms with Crippen LogP contribution in [-0.4, -0.2) is 30.6 Å². The summed E-state index contributed by atoms with van der Waals surface area (Å²) in [5, 5.41) is 4.35. The van der Waals surface area contributed by atoms with E-state index in [1.165, 1.54) is 24.0 Å². The summed E-state index contributed by atoms with van der Waals surface area (Å²) in [4.78, 5) is 32.9. The zero-order valence-corrected chi connectivity index (χ0v) is 23.8. The minimum absolute atomic E-state index is 0.297. The quantitative estimate of drug-likeness (QED) is 0.206. The molecule has 0 unspecified atom stereocenters. The van der Waals surface area contributed by atoms with Gasteiger partial charge in [-0.1, -0.05) is 60.7 Å². The molecule has 1 aliphatic rings. The minimum Gasteiger partial charge on any atom is -0.494 e. The number of aromatic nitrogens is 1. The zero-order valence-electron chi connectivity index (χ0n) is 23.0. The van der Waals surface area contributed by atoms with Gasteiger partial charge >= 0.3 is 5.97 Å². The fourth-order valence-corrected chi connectivity index (χ4v) is 6.91. The van der Waals surface area contributed by atoms with Gasteiger partial charge in [0.05, 0.1) is 36.1 Å². The Labute approximate surface area is 243 Å². The summed E-state index contributed by atoms with van der Waals surface area (Å²) in [5.41, 5.74) is 5.45. The van der Waals surface area contributed by atoms with Crippen molar-refractivity contribution >= 4 is 39.1 Å². The maximum absolute atomic E-state index is 13.9. The second-order valence-electron chi connectivity index (χ2n) is 10.0. The molecule has 0 saturated heterocycles. The number of carbonyl (C=O) groups is 2. The Bertz CT molecular complexity index is 1750. The number of ether oxygens (including phenoxy) is 2. The highest BCUT2D eigenvalue weighted by Gasteiger charge is 2.31. The van der Waals surface area contributed by atoms with Crippen molar-refractivity contribution in [1.82, 2.24) is 4.98 Å². The Balaban J connectivity index is 1.38. The highest BCUT2D eigenvalue weighted by molar-refractivity contribution is 7.17. The average Bonchev–Trinajstić information content (AvgIpc) is 3.37. The Morgan fingerprint density at radius 1 is 1.00 bits per heavy atom. The molecule has 1 amide bonds. The van der Waals surface area contributed by atoms with E-state index in [0.717, 1.165) is 46.4 Å². The van der Waals surface area contributed by atoms with Gasteiger partial charge in [-0.15, -0.1) is 11.3 Å². The minimum atomic E-state index is -0.427. The Hall–Kier alpha value is -4.49. The molecule has 2 heterocycles. The number of fused-ring (bicyclic) bond motifs is 2. The van der Waals surface area contributed by atoms with Crippen LogP contribution in [0.15, 0.2) is 84.9 Å². The molecule has 3 aromatic carbocycles. The van der Waals surface area contributed by atoms with Crippen LogP contribution in [0.3, 0.4) is 0 Å². The standard InChI is InChI=1S/C34H30N2O4S/c1-3-40-24-13-9-12-23(18-24)29-20-27(25-14-7-8-15-28(25)35-29)32(37)36-33-31(34(38)39-2)26-17-16-22(19-30(26)41-33)21-10-5-4-6-11-21/h4-15,18,20,22H,3,16-17,19H2,1-2H3,(H,36,37)/t22-/m1/s1. The van der Waals surface area contributed by atoms with Gasteiger partial charge in [0.1, 0.15) is 10.8 Å². The monoisotopic (exact) mass is 562 g/mol. The lowest BCUT2D eigenvalue weighted by atomic mass is 9.83. The van der Waals surface area contributed by atoms with Crippen LogP contribution in [-0.2, 0) is 17.6 Å². The number of hydrogen-bond acceptors (Lipinski definition) is 6. The van der Waals surface area contributed by atoms with Gasteiger partial charge in [-0.2, -0.15) is 0 Å². The first-order valence-corrected chi connectivity index (χ1v) is 14.6. The molecule has 6 rings (SSSR count). The second kappa shape index (κ2) is 11.6. The maximum Gasteiger partial charge on any atom is 0.341 e. The summed E-state index contributed by atoms with van der Waals surface area (Å²) < 4.78 is 10.9. The summed E-state index contributed by atoms with van der Waals surface area (Å²) in [6.45, 7) is 2.50. The number of hydrogen-bond donors (Lipinski definition) is 1. The predicted octanol–water partition coefficient (Wildman–Crippen LogP) is 7.67. The number of amides is 1. The number of thiophene rings is 1. The number of rotatable bonds is 7. The molecule has 0 spiro atoms. The van der Waals surface area contributed by atoms with E-state index in [9.17, 15) is 9.59 Å². The molecule has 5 aromatic rings. The molecule has 0 saturated carbocycles. The van der Waals surface area contributed by atoms with Gasteiger partial charge in [0.25, 0.3) is 5.91 Å². The normalized spacial score (nSPS) is 14.3. The smallest absolute Gasteiger partial charge is 0.341 e. The molecule has 206 valence electrons. The van der Waals surface area contributed by atoms with Crippen molar-refractivity contribution in [3.63, 3.8) is 0 Å². The molecule has 0 aliphatic heterocycles. The third kappa shape index (κ3) is 5.33. The van der Waals surface area contributed by atoms with Crippen LogP contribution in [0.2, 0.25) is 0 Å². The van der Waals surface area contributed by atoms with E-state index in [2.05, 4.69) is 29.6 Å². The Kier molecular flexibility index (Phi) is 7.53. The number of nitrogens with one attached hydrogen (secondary N) is 1. The first kappa shape index (κ1) is 26.7. The Morgan fingerprint density at radius 3 is 2.61 bits per heavy atom. The first-order valence-electron chi connectivity index (χ1n) is 13.8. The van der Waals surface area contributed by atoms with Crippen LogP contribution < -0.4 is 10.1 Å². The molecule has 2 aromatic heterocycles. The van der Waals surface area contributed by atoms with Crippen molar-refractivity contribution < 1.29 is 19.1 Å². The van der Waals surface area contributed by atoms with Crippen molar-refractivity contribution in [2.75, 3.05) is 19.0 Å². The molecule has 0 fully saturated rings. The van der Waals surface area contributed by atoms with E-state index in [1.807, 2.05) is 61.5 Å². The molecule has 0 bridgehead atoms. The third-order valence-corrected chi connectivity index (χ3v) is 8.72. The van der Waals surface area contributed by atoms with Gasteiger partial charge < -0.3 is 14.8 Å². The Morgan fingerprint density at radius 2 is 1.80 bits per heavy atom. The largest absolute Gasteiger partial charge is 0.494 e. The fourth-order valence-electron chi connectivity index (χ4n) is 5.60. The zero-order chi connectivity index (χ0) is 28.3. The van der Waals surface area contributed by atoms with Gasteiger partial charge in [0.15, 0.2) is 0 Å². The van der Waals surface area contributed by atoms with Gasteiger partial charge in [-0.3, -0.25) is 4.79 Å². The van der Waals surface area contributed by atoms with Gasteiger partial charge in [-0.05, 0) is 67.5 Å². The van der Waals surface area contributed by atoms with Crippen molar-refractivity contribution in [2.45, 2.75) is 32.1 Å². The van der Waals surface area contributed by atoms with Crippen LogP contribution in [0.5, 0.6) is 5.75 Å². The number of esters is 1. The SMILES string of the molecule is CCOc1cccc(-c2cc(C(=O)Nc3sc4c(c3C(=O)OC)CC[C@@H](c3ccccc3)C4)c3ccccc3n2)c1. The highest BCUT2D eigenvalue weighted by atomic mass is 32.1. The second-order valence-corrected chi connectivity index (χ2v) is 11.1. The molecule has 41 heavy (non-hydrogen) atoms. The lowest BCUT2D eigenvalue weighted by molar-refractivity contribution is 0.0601. The van der Waals surface area contributed by atoms with Crippen LogP contribution in [0.4, 0.5) is 5.00 Å². The lowest BCUT2D eigenvalue weighted by Crippen LogP contribution is -2.16. The third-order valence-electron chi connectivity index (χ3n) is 7.55. The highest BCUT2D eigenvalue weighted by Crippen LogP contribution is 2.43. The topological polar surface area (TPSA) is 77.5 Å². The lowest BCUT2D eigenvalue weighted by Gasteiger charge is -2.22. The van der Waals surface area contributed by atoms with E-state index in [0.29, 0.717) is 39.9 Å². The molecule has 7 heteroatoms. The van der Waals surface area contributed by atoms with Crippen molar-refractivity contribution in [3.05, 3.63) is 112 Å².